The number of amides is 1. The van der Waals surface area contributed by atoms with Crippen LogP contribution in [0.15, 0.2) is 90.1 Å². The number of nitrogens with one attached hydrogen (secondary N) is 1. The van der Waals surface area contributed by atoms with Gasteiger partial charge in [0.2, 0.25) is 5.88 Å². The minimum atomic E-state index is -4.24. The summed E-state index contributed by atoms with van der Waals surface area (Å²) >= 11 is 0. The van der Waals surface area contributed by atoms with E-state index in [1.807, 2.05) is 18.6 Å². The number of hydrogen-bond acceptors (Lipinski definition) is 7. The topological polar surface area (TPSA) is 107 Å². The third-order valence-corrected chi connectivity index (χ3v) is 6.20. The fraction of sp³-hybridized carbons (Fsp3) is 0.148. The molecular formula is C27H24FN3O5S. The summed E-state index contributed by atoms with van der Waals surface area (Å²) in [6.07, 6.45) is 1.30. The van der Waals surface area contributed by atoms with Crippen molar-refractivity contribution in [1.29, 1.82) is 0 Å². The molecule has 37 heavy (non-hydrogen) atoms. The fourth-order valence-corrected chi connectivity index (χ4v) is 4.16. The van der Waals surface area contributed by atoms with Gasteiger partial charge in [0.25, 0.3) is 15.9 Å². The van der Waals surface area contributed by atoms with E-state index in [1.165, 1.54) is 42.6 Å². The number of para-hydroxylation sites is 1. The van der Waals surface area contributed by atoms with Crippen molar-refractivity contribution in [2.45, 2.75) is 18.9 Å². The van der Waals surface area contributed by atoms with Crippen molar-refractivity contribution in [2.24, 2.45) is 5.92 Å². The number of nitrogens with zero attached hydrogens (tertiary/aromatic N) is 2. The van der Waals surface area contributed by atoms with Gasteiger partial charge in [-0.1, -0.05) is 38.1 Å². The summed E-state index contributed by atoms with van der Waals surface area (Å²) in [6, 6.07) is 19.9. The molecule has 0 radical (unpaired) electrons. The molecule has 190 valence electrons. The molecule has 2 aromatic carbocycles. The molecule has 2 aromatic heterocycles. The first kappa shape index (κ1) is 25.8. The number of aromatic nitrogens is 2. The molecule has 0 aliphatic carbocycles. The molecule has 4 aromatic rings. The standard InChI is InChI=1S/C27H24FN3O5S/c1-18(2)17-35-22-15-19(14-20(28)16-22)24-12-11-23(27(30-24)36-21-8-4-3-5-9-21)26(32)31-37(33,34)25-10-6-7-13-29-25/h3-16,18H,17H2,1-2H3,(H,31,32). The van der Waals surface area contributed by atoms with Crippen molar-refractivity contribution < 1.29 is 27.1 Å². The van der Waals surface area contributed by atoms with Gasteiger partial charge in [-0.25, -0.2) is 19.1 Å². The summed E-state index contributed by atoms with van der Waals surface area (Å²) in [5.74, 6) is -0.696. The highest BCUT2D eigenvalue weighted by Gasteiger charge is 2.24. The molecule has 0 unspecified atom stereocenters. The number of rotatable bonds is 9. The Kier molecular flexibility index (Phi) is 7.78. The Morgan fingerprint density at radius 2 is 1.73 bits per heavy atom. The van der Waals surface area contributed by atoms with Crippen LogP contribution in [0.2, 0.25) is 0 Å². The lowest BCUT2D eigenvalue weighted by Crippen LogP contribution is -2.31. The Morgan fingerprint density at radius 3 is 2.43 bits per heavy atom. The van der Waals surface area contributed by atoms with E-state index < -0.39 is 21.7 Å². The molecule has 2 heterocycles. The first-order valence-corrected chi connectivity index (χ1v) is 12.9. The van der Waals surface area contributed by atoms with Crippen LogP contribution in [0.5, 0.6) is 17.4 Å². The Labute approximate surface area is 214 Å². The van der Waals surface area contributed by atoms with E-state index in [0.29, 0.717) is 29.4 Å². The van der Waals surface area contributed by atoms with Crippen LogP contribution in [0.4, 0.5) is 4.39 Å². The average Bonchev–Trinajstić information content (AvgIpc) is 2.88. The van der Waals surface area contributed by atoms with E-state index >= 15 is 0 Å². The number of halogens is 1. The molecule has 0 saturated carbocycles. The lowest BCUT2D eigenvalue weighted by atomic mass is 10.1. The maximum Gasteiger partial charge on any atom is 0.281 e. The third-order valence-electron chi connectivity index (χ3n) is 4.95. The van der Waals surface area contributed by atoms with Crippen LogP contribution in [0.3, 0.4) is 0 Å². The van der Waals surface area contributed by atoms with Gasteiger partial charge in [0.15, 0.2) is 5.03 Å². The van der Waals surface area contributed by atoms with Gasteiger partial charge in [0.1, 0.15) is 22.9 Å². The van der Waals surface area contributed by atoms with Gasteiger partial charge in [-0.15, -0.1) is 0 Å². The maximum atomic E-state index is 14.4. The first-order chi connectivity index (χ1) is 17.7. The van der Waals surface area contributed by atoms with Crippen LogP contribution >= 0.6 is 0 Å². The summed E-state index contributed by atoms with van der Waals surface area (Å²) in [7, 11) is -4.24. The van der Waals surface area contributed by atoms with Crippen molar-refractivity contribution in [3.63, 3.8) is 0 Å². The lowest BCUT2D eigenvalue weighted by Gasteiger charge is -2.14. The monoisotopic (exact) mass is 521 g/mol. The van der Waals surface area contributed by atoms with E-state index in [-0.39, 0.29) is 22.4 Å². The van der Waals surface area contributed by atoms with Crippen LogP contribution in [0.1, 0.15) is 24.2 Å². The second-order valence-electron chi connectivity index (χ2n) is 8.45. The SMILES string of the molecule is CC(C)COc1cc(F)cc(-c2ccc(C(=O)NS(=O)(=O)c3ccccn3)c(Oc3ccccc3)n2)c1. The summed E-state index contributed by atoms with van der Waals surface area (Å²) in [5, 5.41) is -0.313. The van der Waals surface area contributed by atoms with Crippen LogP contribution < -0.4 is 14.2 Å². The van der Waals surface area contributed by atoms with Gasteiger partial charge in [0, 0.05) is 17.8 Å². The van der Waals surface area contributed by atoms with Gasteiger partial charge < -0.3 is 9.47 Å². The molecular weight excluding hydrogens is 497 g/mol. The Morgan fingerprint density at radius 1 is 0.973 bits per heavy atom. The molecule has 0 atom stereocenters. The summed E-state index contributed by atoms with van der Waals surface area (Å²) in [6.45, 7) is 4.36. The third kappa shape index (κ3) is 6.68. The molecule has 0 spiro atoms. The minimum absolute atomic E-state index is 0.139. The molecule has 0 aliphatic heterocycles. The maximum absolute atomic E-state index is 14.4. The van der Waals surface area contributed by atoms with Crippen molar-refractivity contribution >= 4 is 15.9 Å². The van der Waals surface area contributed by atoms with E-state index in [4.69, 9.17) is 9.47 Å². The van der Waals surface area contributed by atoms with Crippen molar-refractivity contribution in [1.82, 2.24) is 14.7 Å². The van der Waals surface area contributed by atoms with Crippen molar-refractivity contribution in [2.75, 3.05) is 6.61 Å². The summed E-state index contributed by atoms with van der Waals surface area (Å²) in [4.78, 5) is 21.2. The van der Waals surface area contributed by atoms with Gasteiger partial charge in [-0.3, -0.25) is 4.79 Å². The number of sulfonamides is 1. The van der Waals surface area contributed by atoms with Gasteiger partial charge >= 0.3 is 0 Å². The largest absolute Gasteiger partial charge is 0.493 e. The lowest BCUT2D eigenvalue weighted by molar-refractivity contribution is 0.0978. The molecule has 1 amide bonds. The zero-order valence-electron chi connectivity index (χ0n) is 20.1. The Balaban J connectivity index is 1.71. The Hall–Kier alpha value is -4.31. The molecule has 0 fully saturated rings. The van der Waals surface area contributed by atoms with Crippen LogP contribution in [-0.4, -0.2) is 30.9 Å². The molecule has 0 bridgehead atoms. The quantitative estimate of drug-likeness (QED) is 0.321. The Bertz CT molecular complexity index is 1500. The van der Waals surface area contributed by atoms with Crippen LogP contribution in [0.25, 0.3) is 11.3 Å². The number of carbonyl (C=O) groups is 1. The summed E-state index contributed by atoms with van der Waals surface area (Å²) in [5.41, 5.74) is 0.550. The minimum Gasteiger partial charge on any atom is -0.493 e. The van der Waals surface area contributed by atoms with E-state index in [0.717, 1.165) is 0 Å². The molecule has 8 nitrogen and oxygen atoms in total. The highest BCUT2D eigenvalue weighted by Crippen LogP contribution is 2.30. The highest BCUT2D eigenvalue weighted by atomic mass is 32.2. The first-order valence-electron chi connectivity index (χ1n) is 11.4. The molecule has 10 heteroatoms. The highest BCUT2D eigenvalue weighted by molar-refractivity contribution is 7.90. The fourth-order valence-electron chi connectivity index (χ4n) is 3.24. The van der Waals surface area contributed by atoms with Crippen molar-refractivity contribution in [3.8, 4) is 28.6 Å². The molecule has 0 aliphatic rings. The average molecular weight is 522 g/mol. The molecule has 0 saturated heterocycles. The smallest absolute Gasteiger partial charge is 0.281 e. The normalized spacial score (nSPS) is 11.2. The number of pyridine rings is 2. The number of carbonyl (C=O) groups excluding carboxylic acids is 1. The molecule has 1 N–H and O–H groups in total. The van der Waals surface area contributed by atoms with Gasteiger partial charge in [0.05, 0.1) is 12.3 Å². The van der Waals surface area contributed by atoms with Crippen LogP contribution in [-0.2, 0) is 10.0 Å². The number of benzene rings is 2. The second kappa shape index (κ2) is 11.2. The zero-order valence-corrected chi connectivity index (χ0v) is 20.9. The van der Waals surface area contributed by atoms with E-state index in [9.17, 15) is 17.6 Å². The predicted octanol–water partition coefficient (Wildman–Crippen LogP) is 5.23. The predicted molar refractivity (Wildman–Crippen MR) is 135 cm³/mol. The van der Waals surface area contributed by atoms with Gasteiger partial charge in [-0.2, -0.15) is 8.42 Å². The number of hydrogen-bond donors (Lipinski definition) is 1. The van der Waals surface area contributed by atoms with E-state index in [1.54, 1.807) is 42.5 Å². The van der Waals surface area contributed by atoms with E-state index in [2.05, 4.69) is 9.97 Å². The molecule has 4 rings (SSSR count). The summed E-state index contributed by atoms with van der Waals surface area (Å²) < 4.78 is 53.2. The van der Waals surface area contributed by atoms with Crippen molar-refractivity contribution in [3.05, 3.63) is 96.4 Å². The van der Waals surface area contributed by atoms with Gasteiger partial charge in [-0.05, 0) is 54.4 Å². The van der Waals surface area contributed by atoms with Crippen LogP contribution in [0, 0.1) is 11.7 Å². The second-order valence-corrected chi connectivity index (χ2v) is 10.1. The zero-order chi connectivity index (χ0) is 26.4. The number of ether oxygens (including phenoxy) is 2.